The van der Waals surface area contributed by atoms with Gasteiger partial charge in [-0.15, -0.1) is 0 Å². The van der Waals surface area contributed by atoms with Crippen LogP contribution in [0.1, 0.15) is 40.5 Å². The molecule has 106 valence electrons. The zero-order valence-electron chi connectivity index (χ0n) is 10.4. The molecule has 0 aliphatic rings. The molecular weight excluding hydrogens is 396 g/mol. The average molecular weight is 424 g/mol. The van der Waals surface area contributed by atoms with Gasteiger partial charge in [0.05, 0.1) is 0 Å². The van der Waals surface area contributed by atoms with Gasteiger partial charge in [0.25, 0.3) is 0 Å². The van der Waals surface area contributed by atoms with Crippen molar-refractivity contribution in [1.29, 1.82) is 0 Å². The van der Waals surface area contributed by atoms with Crippen LogP contribution in [0, 0.1) is 0 Å². The molecule has 0 saturated carbocycles. The zero-order chi connectivity index (χ0) is 10.9. The summed E-state index contributed by atoms with van der Waals surface area (Å²) >= 11 is 1.96. The van der Waals surface area contributed by atoms with E-state index in [4.69, 9.17) is 11.5 Å². The van der Waals surface area contributed by atoms with E-state index >= 15 is 0 Å². The van der Waals surface area contributed by atoms with E-state index in [0.29, 0.717) is 0 Å². The second-order valence-corrected chi connectivity index (χ2v) is 3.92. The molecule has 2 nitrogen and oxygen atoms in total. The van der Waals surface area contributed by atoms with Crippen molar-refractivity contribution >= 4 is 11.8 Å². The molecule has 0 aromatic heterocycles. The third kappa shape index (κ3) is 90.1. The fourth-order valence-electron chi connectivity index (χ4n) is 0.204. The number of rotatable bonds is 4. The fourth-order valence-corrected chi connectivity index (χ4v) is 0.612. The van der Waals surface area contributed by atoms with Crippen molar-refractivity contribution in [2.75, 3.05) is 24.6 Å². The molecule has 2 radical (unpaired) electrons. The summed E-state index contributed by atoms with van der Waals surface area (Å²) in [4.78, 5) is 0. The summed E-state index contributed by atoms with van der Waals surface area (Å²) in [6.45, 7) is 10.1. The van der Waals surface area contributed by atoms with Gasteiger partial charge >= 0.3 is 0 Å². The van der Waals surface area contributed by atoms with E-state index in [9.17, 15) is 0 Å². The zero-order valence-corrected chi connectivity index (χ0v) is 14.2. The predicted octanol–water partition coefficient (Wildman–Crippen LogP) is 2.46. The van der Waals surface area contributed by atoms with E-state index in [-0.39, 0.29) is 44.8 Å². The first-order valence-corrected chi connectivity index (χ1v) is 6.38. The van der Waals surface area contributed by atoms with Crippen LogP contribution in [0.3, 0.4) is 0 Å². The van der Waals surface area contributed by atoms with Gasteiger partial charge in [0.15, 0.2) is 0 Å². The van der Waals surface area contributed by atoms with Crippen LogP contribution in [0.5, 0.6) is 0 Å². The Morgan fingerprint density at radius 1 is 0.733 bits per heavy atom. The molecule has 0 atom stereocenters. The third-order valence-electron chi connectivity index (χ3n) is 0.986. The van der Waals surface area contributed by atoms with E-state index in [1.54, 1.807) is 0 Å². The molecule has 0 rings (SSSR count). The van der Waals surface area contributed by atoms with Crippen molar-refractivity contribution in [3.05, 3.63) is 0 Å². The maximum absolute atomic E-state index is 5.03. The van der Waals surface area contributed by atoms with Crippen LogP contribution >= 0.6 is 11.8 Å². The number of nitrogens with two attached hydrogens (primary N) is 2. The van der Waals surface area contributed by atoms with Crippen LogP contribution in [-0.4, -0.2) is 24.6 Å². The Morgan fingerprint density at radius 3 is 0.933 bits per heavy atom. The molecule has 15 heavy (non-hydrogen) atoms. The molecule has 0 spiro atoms. The maximum Gasteiger partial charge on any atom is 0 e. The van der Waals surface area contributed by atoms with Gasteiger partial charge in [-0.2, -0.15) is 11.8 Å². The quantitative estimate of drug-likeness (QED) is 0.683. The predicted molar refractivity (Wildman–Crippen MR) is 67.4 cm³/mol. The molecule has 0 aliphatic heterocycles. The van der Waals surface area contributed by atoms with E-state index in [1.165, 1.54) is 11.5 Å². The first-order valence-electron chi connectivity index (χ1n) is 5.22. The van der Waals surface area contributed by atoms with Gasteiger partial charge in [-0.25, -0.2) is 0 Å². The van der Waals surface area contributed by atoms with Gasteiger partial charge in [-0.05, 0) is 37.4 Å². The molecule has 0 unspecified atom stereocenters. The van der Waals surface area contributed by atoms with Crippen LogP contribution in [0.2, 0.25) is 0 Å². The minimum Gasteiger partial charge on any atom is -0.330 e. The Kier molecular flexibility index (Phi) is 89.8. The summed E-state index contributed by atoms with van der Waals surface area (Å²) in [7, 11) is 0. The number of thioether (sulfide) groups is 1. The molecule has 5 heteroatoms. The number of hydrogen-bond donors (Lipinski definition) is 2. The second-order valence-electron chi connectivity index (χ2n) is 2.36. The van der Waals surface area contributed by atoms with Crippen LogP contribution in [0.4, 0.5) is 0 Å². The smallest absolute Gasteiger partial charge is 0 e. The van der Waals surface area contributed by atoms with Gasteiger partial charge in [0.1, 0.15) is 0 Å². The Bertz CT molecular complexity index is 50.7. The summed E-state index contributed by atoms with van der Waals surface area (Å²) < 4.78 is 0. The van der Waals surface area contributed by atoms with Crippen molar-refractivity contribution < 1.29 is 44.8 Å². The van der Waals surface area contributed by atoms with Gasteiger partial charge in [0, 0.05) is 44.8 Å². The molecule has 0 amide bonds. The minimum absolute atomic E-state index is 0. The number of hydrogen-bond acceptors (Lipinski definition) is 3. The molecule has 0 fully saturated rings. The largest absolute Gasteiger partial charge is 0.330 e. The Hall–Kier alpha value is 1.75. The Balaban J connectivity index is -0.0000000315. The molecule has 0 heterocycles. The monoisotopic (exact) mass is 422 g/mol. The molecule has 4 N–H and O–H groups in total. The Morgan fingerprint density at radius 2 is 0.933 bits per heavy atom. The van der Waals surface area contributed by atoms with Gasteiger partial charge < -0.3 is 11.5 Å². The van der Waals surface area contributed by atoms with Crippen molar-refractivity contribution in [3.63, 3.8) is 0 Å². The van der Waals surface area contributed by atoms with Gasteiger partial charge in [-0.3, -0.25) is 0 Å². The Labute approximate surface area is 132 Å². The van der Waals surface area contributed by atoms with E-state index in [2.05, 4.69) is 27.7 Å². The SMILES string of the molecule is CCCN.CCCN.CCSCC.[Ag].[Ag]. The van der Waals surface area contributed by atoms with Gasteiger partial charge in [-0.1, -0.05) is 27.7 Å². The van der Waals surface area contributed by atoms with E-state index in [1.807, 2.05) is 11.8 Å². The standard InChI is InChI=1S/C4H10S.2C3H9N.2Ag/c1-3-5-4-2;2*1-2-3-4;;/h3-4H2,1-2H3;2*2-4H2,1H3;;. The summed E-state index contributed by atoms with van der Waals surface area (Å²) in [5.74, 6) is 2.52. The van der Waals surface area contributed by atoms with Crippen molar-refractivity contribution in [2.45, 2.75) is 40.5 Å². The summed E-state index contributed by atoms with van der Waals surface area (Å²) in [6.07, 6.45) is 2.19. The normalized spacial score (nSPS) is 6.80. The minimum atomic E-state index is 0. The molecule has 0 aliphatic carbocycles. The topological polar surface area (TPSA) is 52.0 Å². The molecule has 0 bridgehead atoms. The van der Waals surface area contributed by atoms with Crippen LogP contribution in [-0.2, 0) is 44.8 Å². The van der Waals surface area contributed by atoms with Crippen LogP contribution < -0.4 is 11.5 Å². The third-order valence-corrected chi connectivity index (χ3v) is 1.80. The summed E-state index contributed by atoms with van der Waals surface area (Å²) in [5, 5.41) is 0. The molecule has 0 aromatic carbocycles. The van der Waals surface area contributed by atoms with Crippen LogP contribution in [0.25, 0.3) is 0 Å². The van der Waals surface area contributed by atoms with Crippen molar-refractivity contribution in [3.8, 4) is 0 Å². The summed E-state index contributed by atoms with van der Waals surface area (Å²) in [5.41, 5.74) is 10.1. The van der Waals surface area contributed by atoms with Crippen molar-refractivity contribution in [1.82, 2.24) is 0 Å². The fraction of sp³-hybridized carbons (Fsp3) is 1.00. The average Bonchev–Trinajstić information content (AvgIpc) is 2.20. The van der Waals surface area contributed by atoms with E-state index < -0.39 is 0 Å². The first kappa shape index (κ1) is 30.1. The molecular formula is C10H28Ag2N2S. The van der Waals surface area contributed by atoms with Crippen molar-refractivity contribution in [2.24, 2.45) is 11.5 Å². The molecule has 0 saturated heterocycles. The van der Waals surface area contributed by atoms with Gasteiger partial charge in [0.2, 0.25) is 0 Å². The summed E-state index contributed by atoms with van der Waals surface area (Å²) in [6, 6.07) is 0. The van der Waals surface area contributed by atoms with Crippen LogP contribution in [0.15, 0.2) is 0 Å². The van der Waals surface area contributed by atoms with E-state index in [0.717, 1.165) is 25.9 Å². The first-order chi connectivity index (χ1) is 6.24. The maximum atomic E-state index is 5.03. The second kappa shape index (κ2) is 44.8. The molecule has 0 aromatic rings.